The van der Waals surface area contributed by atoms with Gasteiger partial charge < -0.3 is 10.2 Å². The van der Waals surface area contributed by atoms with Crippen molar-refractivity contribution in [2.75, 3.05) is 10.8 Å². The molecule has 220 valence electrons. The highest BCUT2D eigenvalue weighted by Gasteiger charge is 2.34. The standard InChI is InChI=1S/C30H34Cl3N3O4S/c1-6-20(3)34-30(38)22(5)35(17-24-26(32)10-7-11-27(24)33)29(37)18-36(28-12-8-9-25(31)21(28)4)41(39,40)23-15-13-19(2)14-16-23/h7-16,20,22H,6,17-18H2,1-5H3,(H,34,38)/t20-,22+/m1/s1. The van der Waals surface area contributed by atoms with Crippen molar-refractivity contribution in [3.63, 3.8) is 0 Å². The van der Waals surface area contributed by atoms with Crippen LogP contribution >= 0.6 is 34.8 Å². The summed E-state index contributed by atoms with van der Waals surface area (Å²) in [7, 11) is -4.22. The summed E-state index contributed by atoms with van der Waals surface area (Å²) in [5.41, 5.74) is 2.06. The number of nitrogens with one attached hydrogen (secondary N) is 1. The number of hydrogen-bond donors (Lipinski definition) is 1. The van der Waals surface area contributed by atoms with E-state index in [1.807, 2.05) is 20.8 Å². The molecular weight excluding hydrogens is 605 g/mol. The zero-order valence-corrected chi connectivity index (χ0v) is 26.7. The van der Waals surface area contributed by atoms with Gasteiger partial charge in [0.1, 0.15) is 12.6 Å². The van der Waals surface area contributed by atoms with Gasteiger partial charge in [0.15, 0.2) is 0 Å². The Morgan fingerprint density at radius 3 is 2.02 bits per heavy atom. The minimum Gasteiger partial charge on any atom is -0.352 e. The van der Waals surface area contributed by atoms with Crippen LogP contribution < -0.4 is 9.62 Å². The molecule has 1 N–H and O–H groups in total. The van der Waals surface area contributed by atoms with Gasteiger partial charge in [0.25, 0.3) is 10.0 Å². The molecule has 0 aliphatic carbocycles. The molecule has 0 aliphatic heterocycles. The van der Waals surface area contributed by atoms with Crippen LogP contribution in [0.2, 0.25) is 15.1 Å². The van der Waals surface area contributed by atoms with E-state index in [0.29, 0.717) is 32.6 Å². The first-order chi connectivity index (χ1) is 19.3. The minimum absolute atomic E-state index is 0.0125. The molecule has 3 aromatic carbocycles. The molecule has 3 aromatic rings. The molecule has 0 aromatic heterocycles. The second-order valence-electron chi connectivity index (χ2n) is 9.92. The Kier molecular flexibility index (Phi) is 11.1. The van der Waals surface area contributed by atoms with Gasteiger partial charge in [-0.3, -0.25) is 13.9 Å². The molecule has 0 saturated carbocycles. The molecule has 11 heteroatoms. The van der Waals surface area contributed by atoms with E-state index in [1.54, 1.807) is 62.4 Å². The molecule has 7 nitrogen and oxygen atoms in total. The maximum Gasteiger partial charge on any atom is 0.264 e. The van der Waals surface area contributed by atoms with Gasteiger partial charge in [0.05, 0.1) is 10.6 Å². The summed E-state index contributed by atoms with van der Waals surface area (Å²) >= 11 is 19.2. The Hall–Kier alpha value is -2.78. The van der Waals surface area contributed by atoms with Gasteiger partial charge in [0, 0.05) is 33.2 Å². The average molecular weight is 639 g/mol. The van der Waals surface area contributed by atoms with Gasteiger partial charge in [-0.15, -0.1) is 0 Å². The molecular formula is C30H34Cl3N3O4S. The molecule has 0 bridgehead atoms. The van der Waals surface area contributed by atoms with Gasteiger partial charge in [0.2, 0.25) is 11.8 Å². The Bertz CT molecular complexity index is 1490. The number of aryl methyl sites for hydroxylation is 1. The van der Waals surface area contributed by atoms with E-state index in [1.165, 1.54) is 17.0 Å². The third kappa shape index (κ3) is 7.74. The zero-order chi connectivity index (χ0) is 30.5. The van der Waals surface area contributed by atoms with E-state index in [4.69, 9.17) is 34.8 Å². The first-order valence-electron chi connectivity index (χ1n) is 13.1. The smallest absolute Gasteiger partial charge is 0.264 e. The van der Waals surface area contributed by atoms with Crippen LogP contribution in [0.5, 0.6) is 0 Å². The Morgan fingerprint density at radius 1 is 0.878 bits per heavy atom. The molecule has 0 saturated heterocycles. The summed E-state index contributed by atoms with van der Waals surface area (Å²) in [6.07, 6.45) is 0.694. The fraction of sp³-hybridized carbons (Fsp3) is 0.333. The number of carbonyl (C=O) groups excluding carboxylic acids is 2. The number of halogens is 3. The van der Waals surface area contributed by atoms with Crippen LogP contribution in [0.25, 0.3) is 0 Å². The average Bonchev–Trinajstić information content (AvgIpc) is 2.93. The SMILES string of the molecule is CC[C@@H](C)NC(=O)[C@H](C)N(Cc1c(Cl)cccc1Cl)C(=O)CN(c1cccc(Cl)c1C)S(=O)(=O)c1ccc(C)cc1. The van der Waals surface area contributed by atoms with E-state index in [9.17, 15) is 18.0 Å². The number of amides is 2. The van der Waals surface area contributed by atoms with Crippen molar-refractivity contribution in [3.8, 4) is 0 Å². The van der Waals surface area contributed by atoms with Gasteiger partial charge in [-0.25, -0.2) is 8.42 Å². The quantitative estimate of drug-likeness (QED) is 0.251. The lowest BCUT2D eigenvalue weighted by Crippen LogP contribution is -2.52. The second-order valence-corrected chi connectivity index (χ2v) is 13.0. The van der Waals surface area contributed by atoms with E-state index in [2.05, 4.69) is 5.32 Å². The lowest BCUT2D eigenvalue weighted by molar-refractivity contribution is -0.139. The minimum atomic E-state index is -4.22. The van der Waals surface area contributed by atoms with E-state index in [0.717, 1.165) is 9.87 Å². The predicted molar refractivity (Wildman–Crippen MR) is 166 cm³/mol. The lowest BCUT2D eigenvalue weighted by atomic mass is 10.1. The normalized spacial score (nSPS) is 12.9. The molecule has 3 rings (SSSR count). The van der Waals surface area contributed by atoms with Crippen molar-refractivity contribution in [1.82, 2.24) is 10.2 Å². The van der Waals surface area contributed by atoms with Gasteiger partial charge in [-0.2, -0.15) is 0 Å². The maximum atomic E-state index is 14.1. The number of rotatable bonds is 11. The summed E-state index contributed by atoms with van der Waals surface area (Å²) < 4.78 is 29.1. The fourth-order valence-corrected chi connectivity index (χ4v) is 6.28. The Labute approximate surface area is 257 Å². The summed E-state index contributed by atoms with van der Waals surface area (Å²) in [5, 5.41) is 3.88. The summed E-state index contributed by atoms with van der Waals surface area (Å²) in [6, 6.07) is 15.1. The van der Waals surface area contributed by atoms with Crippen molar-refractivity contribution in [3.05, 3.63) is 92.4 Å². The van der Waals surface area contributed by atoms with Crippen LogP contribution in [-0.4, -0.2) is 43.8 Å². The van der Waals surface area contributed by atoms with Crippen LogP contribution in [-0.2, 0) is 26.2 Å². The maximum absolute atomic E-state index is 14.1. The molecule has 0 spiro atoms. The number of benzene rings is 3. The largest absolute Gasteiger partial charge is 0.352 e. The fourth-order valence-electron chi connectivity index (χ4n) is 4.12. The number of anilines is 1. The first-order valence-corrected chi connectivity index (χ1v) is 15.7. The Balaban J connectivity index is 2.11. The number of sulfonamides is 1. The van der Waals surface area contributed by atoms with E-state index >= 15 is 0 Å². The number of hydrogen-bond acceptors (Lipinski definition) is 4. The van der Waals surface area contributed by atoms with Gasteiger partial charge in [-0.05, 0) is 76.1 Å². The van der Waals surface area contributed by atoms with Gasteiger partial charge >= 0.3 is 0 Å². The van der Waals surface area contributed by atoms with Crippen molar-refractivity contribution in [2.45, 2.75) is 64.6 Å². The molecule has 2 atom stereocenters. The number of carbonyl (C=O) groups is 2. The summed E-state index contributed by atoms with van der Waals surface area (Å²) in [5.74, 6) is -1.01. The highest BCUT2D eigenvalue weighted by atomic mass is 35.5. The number of nitrogens with zero attached hydrogens (tertiary/aromatic N) is 2. The summed E-state index contributed by atoms with van der Waals surface area (Å²) in [4.78, 5) is 28.6. The van der Waals surface area contributed by atoms with Crippen molar-refractivity contribution in [1.29, 1.82) is 0 Å². The van der Waals surface area contributed by atoms with Crippen molar-refractivity contribution < 1.29 is 18.0 Å². The van der Waals surface area contributed by atoms with Crippen molar-refractivity contribution in [2.24, 2.45) is 0 Å². The third-order valence-corrected chi connectivity index (χ3v) is 9.85. The molecule has 41 heavy (non-hydrogen) atoms. The molecule has 0 heterocycles. The Morgan fingerprint density at radius 2 is 1.44 bits per heavy atom. The van der Waals surface area contributed by atoms with Crippen molar-refractivity contribution >= 4 is 62.3 Å². The predicted octanol–water partition coefficient (Wildman–Crippen LogP) is 6.79. The lowest BCUT2D eigenvalue weighted by Gasteiger charge is -2.33. The van der Waals surface area contributed by atoms with Crippen LogP contribution in [0, 0.1) is 13.8 Å². The highest BCUT2D eigenvalue weighted by molar-refractivity contribution is 7.92. The van der Waals surface area contributed by atoms with E-state index < -0.39 is 28.5 Å². The molecule has 0 aliphatic rings. The van der Waals surface area contributed by atoms with Crippen LogP contribution in [0.4, 0.5) is 5.69 Å². The summed E-state index contributed by atoms with van der Waals surface area (Å²) in [6.45, 7) is 8.21. The van der Waals surface area contributed by atoms with Crippen LogP contribution in [0.1, 0.15) is 43.9 Å². The molecule has 0 unspecified atom stereocenters. The van der Waals surface area contributed by atoms with E-state index in [-0.39, 0.29) is 29.1 Å². The topological polar surface area (TPSA) is 86.8 Å². The highest BCUT2D eigenvalue weighted by Crippen LogP contribution is 2.32. The van der Waals surface area contributed by atoms with Crippen LogP contribution in [0.3, 0.4) is 0 Å². The first kappa shape index (κ1) is 32.7. The molecule has 2 amide bonds. The zero-order valence-electron chi connectivity index (χ0n) is 23.6. The molecule has 0 fully saturated rings. The second kappa shape index (κ2) is 13.9. The van der Waals surface area contributed by atoms with Gasteiger partial charge in [-0.1, -0.05) is 71.6 Å². The third-order valence-electron chi connectivity index (χ3n) is 6.95. The van der Waals surface area contributed by atoms with Crippen LogP contribution in [0.15, 0.2) is 65.6 Å². The monoisotopic (exact) mass is 637 g/mol. The molecule has 0 radical (unpaired) electrons.